The largest absolute Gasteiger partial charge is 0.370 e. The molecule has 1 N–H and O–H groups in total. The van der Waals surface area contributed by atoms with Crippen LogP contribution >= 0.6 is 0 Å². The fourth-order valence-electron chi connectivity index (χ4n) is 2.05. The summed E-state index contributed by atoms with van der Waals surface area (Å²) in [7, 11) is 0. The van der Waals surface area contributed by atoms with E-state index in [1.807, 2.05) is 6.20 Å². The average Bonchev–Trinajstić information content (AvgIpc) is 2.95. The third kappa shape index (κ3) is 3.26. The fraction of sp³-hybridized carbons (Fsp3) is 0.769. The Hall–Kier alpha value is -0.990. The minimum absolute atomic E-state index is 0.745. The summed E-state index contributed by atoms with van der Waals surface area (Å²) in [5.41, 5.74) is 0. The Morgan fingerprint density at radius 1 is 1.56 bits per heavy atom. The van der Waals surface area contributed by atoms with E-state index in [-0.39, 0.29) is 0 Å². The predicted octanol–water partition coefficient (Wildman–Crippen LogP) is 3.14. The zero-order valence-electron chi connectivity index (χ0n) is 10.4. The maximum atomic E-state index is 4.37. The molecular weight excluding hydrogens is 198 g/mol. The molecule has 1 saturated carbocycles. The molecule has 0 radical (unpaired) electrons. The van der Waals surface area contributed by atoms with Gasteiger partial charge in [0.1, 0.15) is 5.82 Å². The van der Waals surface area contributed by atoms with Gasteiger partial charge in [-0.25, -0.2) is 4.68 Å². The van der Waals surface area contributed by atoms with Crippen LogP contribution in [0.5, 0.6) is 0 Å². The van der Waals surface area contributed by atoms with E-state index < -0.39 is 0 Å². The molecule has 2 rings (SSSR count). The van der Waals surface area contributed by atoms with Gasteiger partial charge in [-0.2, -0.15) is 5.10 Å². The normalized spacial score (nSPS) is 17.4. The molecule has 1 aromatic rings. The minimum atomic E-state index is 0.745. The second kappa shape index (κ2) is 5.37. The van der Waals surface area contributed by atoms with Gasteiger partial charge in [-0.1, -0.05) is 20.3 Å². The average molecular weight is 221 g/mol. The highest BCUT2D eigenvalue weighted by Crippen LogP contribution is 2.31. The highest BCUT2D eigenvalue weighted by Gasteiger charge is 2.22. The van der Waals surface area contributed by atoms with Gasteiger partial charge >= 0.3 is 0 Å². The molecule has 0 spiro atoms. The van der Waals surface area contributed by atoms with Crippen molar-refractivity contribution in [2.75, 3.05) is 11.9 Å². The van der Waals surface area contributed by atoms with E-state index >= 15 is 0 Å². The van der Waals surface area contributed by atoms with Crippen LogP contribution in [0.25, 0.3) is 0 Å². The first-order valence-corrected chi connectivity index (χ1v) is 6.55. The van der Waals surface area contributed by atoms with Crippen LogP contribution < -0.4 is 5.32 Å². The fourth-order valence-corrected chi connectivity index (χ4v) is 2.05. The third-order valence-corrected chi connectivity index (χ3v) is 3.26. The Morgan fingerprint density at radius 3 is 3.06 bits per heavy atom. The summed E-state index contributed by atoms with van der Waals surface area (Å²) in [5.74, 6) is 2.82. The van der Waals surface area contributed by atoms with E-state index in [1.165, 1.54) is 31.5 Å². The summed E-state index contributed by atoms with van der Waals surface area (Å²) < 4.78 is 2.12. The Kier molecular flexibility index (Phi) is 3.86. The smallest absolute Gasteiger partial charge is 0.124 e. The lowest BCUT2D eigenvalue weighted by molar-refractivity contribution is 0.536. The van der Waals surface area contributed by atoms with Gasteiger partial charge in [0, 0.05) is 19.2 Å². The molecule has 0 aromatic carbocycles. The molecule has 1 heterocycles. The van der Waals surface area contributed by atoms with Crippen molar-refractivity contribution in [2.24, 2.45) is 11.8 Å². The van der Waals surface area contributed by atoms with Crippen molar-refractivity contribution in [1.82, 2.24) is 9.78 Å². The van der Waals surface area contributed by atoms with Crippen LogP contribution in [0.4, 0.5) is 5.82 Å². The van der Waals surface area contributed by atoms with Crippen LogP contribution in [-0.2, 0) is 6.54 Å². The van der Waals surface area contributed by atoms with Gasteiger partial charge in [-0.15, -0.1) is 0 Å². The molecule has 0 saturated heterocycles. The zero-order valence-corrected chi connectivity index (χ0v) is 10.4. The molecule has 0 amide bonds. The van der Waals surface area contributed by atoms with E-state index in [4.69, 9.17) is 0 Å². The second-order valence-corrected chi connectivity index (χ2v) is 5.12. The summed E-state index contributed by atoms with van der Waals surface area (Å²) >= 11 is 0. The molecule has 1 fully saturated rings. The maximum absolute atomic E-state index is 4.37. The van der Waals surface area contributed by atoms with Crippen molar-refractivity contribution < 1.29 is 0 Å². The number of nitrogens with zero attached hydrogens (tertiary/aromatic N) is 2. The molecule has 1 aromatic heterocycles. The highest BCUT2D eigenvalue weighted by atomic mass is 15.3. The summed E-state index contributed by atoms with van der Waals surface area (Å²) in [6, 6.07) is 2.08. The molecule has 1 aliphatic rings. The van der Waals surface area contributed by atoms with Gasteiger partial charge in [0.2, 0.25) is 0 Å². The van der Waals surface area contributed by atoms with Gasteiger partial charge in [0.05, 0.1) is 6.20 Å². The first-order valence-electron chi connectivity index (χ1n) is 6.55. The lowest BCUT2D eigenvalue weighted by Crippen LogP contribution is -2.15. The van der Waals surface area contributed by atoms with Gasteiger partial charge in [0.15, 0.2) is 0 Å². The molecular formula is C13H23N3. The molecule has 90 valence electrons. The van der Waals surface area contributed by atoms with Crippen LogP contribution in [-0.4, -0.2) is 16.3 Å². The summed E-state index contributed by atoms with van der Waals surface area (Å²) in [4.78, 5) is 0. The van der Waals surface area contributed by atoms with Gasteiger partial charge in [-0.3, -0.25) is 0 Å². The van der Waals surface area contributed by atoms with Crippen LogP contribution in [0.1, 0.15) is 39.5 Å². The molecule has 0 aliphatic heterocycles. The molecule has 3 heteroatoms. The van der Waals surface area contributed by atoms with Crippen molar-refractivity contribution >= 4 is 5.82 Å². The monoisotopic (exact) mass is 221 g/mol. The van der Waals surface area contributed by atoms with Gasteiger partial charge in [0.25, 0.3) is 0 Å². The van der Waals surface area contributed by atoms with Crippen molar-refractivity contribution in [3.8, 4) is 0 Å². The van der Waals surface area contributed by atoms with Crippen molar-refractivity contribution in [3.05, 3.63) is 12.3 Å². The highest BCUT2D eigenvalue weighted by molar-refractivity contribution is 5.33. The number of hydrogen-bond donors (Lipinski definition) is 1. The molecule has 1 aliphatic carbocycles. The Labute approximate surface area is 98.2 Å². The predicted molar refractivity (Wildman–Crippen MR) is 67.5 cm³/mol. The second-order valence-electron chi connectivity index (χ2n) is 5.12. The molecule has 1 unspecified atom stereocenters. The lowest BCUT2D eigenvalue weighted by Gasteiger charge is -2.13. The van der Waals surface area contributed by atoms with E-state index in [0.717, 1.165) is 24.9 Å². The number of rotatable bonds is 7. The van der Waals surface area contributed by atoms with Gasteiger partial charge in [-0.05, 0) is 31.1 Å². The van der Waals surface area contributed by atoms with Crippen molar-refractivity contribution in [1.29, 1.82) is 0 Å². The molecule has 16 heavy (non-hydrogen) atoms. The standard InChI is InChI=1S/C13H23N3/c1-3-4-11(2)9-14-13-7-8-15-16(13)10-12-5-6-12/h7-8,11-12,14H,3-6,9-10H2,1-2H3. The molecule has 3 nitrogen and oxygen atoms in total. The van der Waals surface area contributed by atoms with Crippen molar-refractivity contribution in [3.63, 3.8) is 0 Å². The number of anilines is 1. The Morgan fingerprint density at radius 2 is 2.38 bits per heavy atom. The van der Waals surface area contributed by atoms with E-state index in [1.54, 1.807) is 0 Å². The van der Waals surface area contributed by atoms with Gasteiger partial charge < -0.3 is 5.32 Å². The summed E-state index contributed by atoms with van der Waals surface area (Å²) in [5, 5.41) is 7.89. The topological polar surface area (TPSA) is 29.9 Å². The van der Waals surface area contributed by atoms with Crippen LogP contribution in [0.3, 0.4) is 0 Å². The Balaban J connectivity index is 1.80. The SMILES string of the molecule is CCCC(C)CNc1ccnn1CC1CC1. The third-order valence-electron chi connectivity index (χ3n) is 3.26. The summed E-state index contributed by atoms with van der Waals surface area (Å²) in [6.45, 7) is 6.70. The maximum Gasteiger partial charge on any atom is 0.124 e. The summed E-state index contributed by atoms with van der Waals surface area (Å²) in [6.07, 6.45) is 7.22. The van der Waals surface area contributed by atoms with Crippen molar-refractivity contribution in [2.45, 2.75) is 46.1 Å². The first-order chi connectivity index (χ1) is 7.79. The van der Waals surface area contributed by atoms with Crippen LogP contribution in [0, 0.1) is 11.8 Å². The molecule has 0 bridgehead atoms. The van der Waals surface area contributed by atoms with Crippen LogP contribution in [0.15, 0.2) is 12.3 Å². The number of aromatic nitrogens is 2. The number of hydrogen-bond acceptors (Lipinski definition) is 2. The zero-order chi connectivity index (χ0) is 11.4. The van der Waals surface area contributed by atoms with E-state index in [0.29, 0.717) is 0 Å². The Bertz CT molecular complexity index is 315. The van der Waals surface area contributed by atoms with E-state index in [9.17, 15) is 0 Å². The quantitative estimate of drug-likeness (QED) is 0.766. The van der Waals surface area contributed by atoms with E-state index in [2.05, 4.69) is 35.0 Å². The first kappa shape index (κ1) is 11.5. The van der Waals surface area contributed by atoms with Crippen LogP contribution in [0.2, 0.25) is 0 Å². The lowest BCUT2D eigenvalue weighted by atomic mass is 10.1. The minimum Gasteiger partial charge on any atom is -0.370 e. The molecule has 1 atom stereocenters. The number of nitrogens with one attached hydrogen (secondary N) is 1.